The molecule has 6 heteroatoms. The van der Waals surface area contributed by atoms with E-state index in [1.54, 1.807) is 0 Å². The van der Waals surface area contributed by atoms with Gasteiger partial charge in [-0.2, -0.15) is 0 Å². The summed E-state index contributed by atoms with van der Waals surface area (Å²) in [5, 5.41) is 0. The van der Waals surface area contributed by atoms with E-state index in [0.717, 1.165) is 135 Å². The summed E-state index contributed by atoms with van der Waals surface area (Å²) < 4.78 is 16.7. The van der Waals surface area contributed by atoms with Crippen molar-refractivity contribution in [3.05, 3.63) is 122 Å². The van der Waals surface area contributed by atoms with Gasteiger partial charge in [0.15, 0.2) is 6.10 Å². The molecule has 0 amide bonds. The first-order chi connectivity index (χ1) is 35.0. The van der Waals surface area contributed by atoms with Crippen LogP contribution < -0.4 is 0 Å². The quantitative estimate of drug-likeness (QED) is 0.0261. The predicted molar refractivity (Wildman–Crippen MR) is 306 cm³/mol. The van der Waals surface area contributed by atoms with Crippen LogP contribution in [0.5, 0.6) is 0 Å². The topological polar surface area (TPSA) is 78.9 Å². The molecule has 0 rings (SSSR count). The Morgan fingerprint density at radius 1 is 0.296 bits per heavy atom. The lowest BCUT2D eigenvalue weighted by Gasteiger charge is -2.18. The molecule has 6 nitrogen and oxygen atoms in total. The second-order valence-corrected chi connectivity index (χ2v) is 18.8. The van der Waals surface area contributed by atoms with Crippen molar-refractivity contribution in [3.8, 4) is 0 Å². The summed E-state index contributed by atoms with van der Waals surface area (Å²) >= 11 is 0. The maximum atomic E-state index is 12.7. The van der Waals surface area contributed by atoms with E-state index < -0.39 is 6.10 Å². The first-order valence-electron chi connectivity index (χ1n) is 29.0. The standard InChI is InChI=1S/C65H106O6/c1-4-7-10-13-16-18-20-21-22-23-24-25-26-27-28-29-30-31-32-33-34-35-36-37-38-39-40-41-42-43-45-46-49-52-55-58-64(67)70-61-62(60-69-63(66)57-54-51-48-15-12-9-6-3)71-65(68)59-56-53-50-47-44-19-17-14-11-8-5-2/h7,10,16,18,21-22,24-25,27-28,30-31,33-34,36-37,39-40,42-43,62H,4-6,8-9,11-15,17,19-20,23,26,29,32,35,38,41,44-61H2,1-3H3/b10-7-,18-16-,22-21-,25-24-,28-27-,31-30-,34-33-,37-36-,40-39-,43-42-. The molecule has 402 valence electrons. The number of hydrogen-bond donors (Lipinski definition) is 0. The highest BCUT2D eigenvalue weighted by molar-refractivity contribution is 5.71. The average Bonchev–Trinajstić information content (AvgIpc) is 3.37. The molecular formula is C65H106O6. The van der Waals surface area contributed by atoms with Gasteiger partial charge in [0.2, 0.25) is 0 Å². The lowest BCUT2D eigenvalue weighted by atomic mass is 10.1. The smallest absolute Gasteiger partial charge is 0.306 e. The van der Waals surface area contributed by atoms with Crippen molar-refractivity contribution in [2.24, 2.45) is 0 Å². The number of allylic oxidation sites excluding steroid dienone is 20. The maximum absolute atomic E-state index is 12.7. The summed E-state index contributed by atoms with van der Waals surface area (Å²) in [4.78, 5) is 37.8. The lowest BCUT2D eigenvalue weighted by molar-refractivity contribution is -0.167. The van der Waals surface area contributed by atoms with Crippen molar-refractivity contribution in [3.63, 3.8) is 0 Å². The Balaban J connectivity index is 4.15. The van der Waals surface area contributed by atoms with E-state index in [0.29, 0.717) is 19.3 Å². The van der Waals surface area contributed by atoms with Crippen LogP contribution in [0.2, 0.25) is 0 Å². The summed E-state index contributed by atoms with van der Waals surface area (Å²) in [6, 6.07) is 0. The minimum Gasteiger partial charge on any atom is -0.462 e. The van der Waals surface area contributed by atoms with E-state index in [2.05, 4.69) is 142 Å². The second-order valence-electron chi connectivity index (χ2n) is 18.8. The van der Waals surface area contributed by atoms with Crippen molar-refractivity contribution in [2.45, 2.75) is 258 Å². The zero-order chi connectivity index (χ0) is 51.4. The van der Waals surface area contributed by atoms with E-state index in [9.17, 15) is 14.4 Å². The number of carbonyl (C=O) groups is 3. The van der Waals surface area contributed by atoms with Crippen LogP contribution >= 0.6 is 0 Å². The molecule has 0 aromatic carbocycles. The minimum atomic E-state index is -0.784. The Labute approximate surface area is 437 Å². The van der Waals surface area contributed by atoms with Gasteiger partial charge in [0, 0.05) is 19.3 Å². The minimum absolute atomic E-state index is 0.0852. The SMILES string of the molecule is CC/C=C\C/C=C\C/C=C\C/C=C\C/C=C\C/C=C\C/C=C\C/C=C\C/C=C\C/C=C\CCCCCCC(=O)OCC(COC(=O)CCCCCCCCC)OC(=O)CCCCCCCCCCCCC. The Kier molecular flexibility index (Phi) is 54.9. The zero-order valence-corrected chi connectivity index (χ0v) is 45.9. The summed E-state index contributed by atoms with van der Waals surface area (Å²) in [7, 11) is 0. The molecular weight excluding hydrogens is 877 g/mol. The van der Waals surface area contributed by atoms with Crippen LogP contribution in [0.15, 0.2) is 122 Å². The van der Waals surface area contributed by atoms with Crippen LogP contribution in [0, 0.1) is 0 Å². The van der Waals surface area contributed by atoms with Crippen molar-refractivity contribution in [1.29, 1.82) is 0 Å². The van der Waals surface area contributed by atoms with Gasteiger partial charge in [0.05, 0.1) is 0 Å². The number of unbranched alkanes of at least 4 members (excludes halogenated alkanes) is 20. The molecule has 1 unspecified atom stereocenters. The van der Waals surface area contributed by atoms with Crippen LogP contribution in [-0.4, -0.2) is 37.2 Å². The van der Waals surface area contributed by atoms with Crippen LogP contribution in [0.25, 0.3) is 0 Å². The number of esters is 3. The van der Waals surface area contributed by atoms with E-state index in [-0.39, 0.29) is 31.1 Å². The average molecular weight is 984 g/mol. The van der Waals surface area contributed by atoms with Crippen LogP contribution in [0.3, 0.4) is 0 Å². The summed E-state index contributed by atoms with van der Waals surface area (Å²) in [5.41, 5.74) is 0. The molecule has 0 heterocycles. The van der Waals surface area contributed by atoms with Gasteiger partial charge in [-0.05, 0) is 96.3 Å². The molecule has 0 aromatic heterocycles. The largest absolute Gasteiger partial charge is 0.462 e. The summed E-state index contributed by atoms with van der Waals surface area (Å²) in [6.45, 7) is 6.44. The molecule has 71 heavy (non-hydrogen) atoms. The Hall–Kier alpha value is -4.19. The third kappa shape index (κ3) is 56.6. The highest BCUT2D eigenvalue weighted by Gasteiger charge is 2.19. The van der Waals surface area contributed by atoms with Gasteiger partial charge in [-0.15, -0.1) is 0 Å². The second kappa shape index (κ2) is 58.4. The van der Waals surface area contributed by atoms with Gasteiger partial charge in [-0.25, -0.2) is 0 Å². The Bertz CT molecular complexity index is 1500. The van der Waals surface area contributed by atoms with Gasteiger partial charge in [0.1, 0.15) is 13.2 Å². The molecule has 0 saturated heterocycles. The molecule has 0 spiro atoms. The molecule has 0 aliphatic heterocycles. The third-order valence-electron chi connectivity index (χ3n) is 12.0. The number of carbonyl (C=O) groups excluding carboxylic acids is 3. The molecule has 1 atom stereocenters. The third-order valence-corrected chi connectivity index (χ3v) is 12.0. The zero-order valence-electron chi connectivity index (χ0n) is 45.9. The molecule has 0 radical (unpaired) electrons. The monoisotopic (exact) mass is 983 g/mol. The molecule has 0 fully saturated rings. The molecule has 0 saturated carbocycles. The van der Waals surface area contributed by atoms with Gasteiger partial charge in [-0.1, -0.05) is 258 Å². The predicted octanol–water partition coefficient (Wildman–Crippen LogP) is 19.6. The summed E-state index contributed by atoms with van der Waals surface area (Å²) in [5.74, 6) is -0.921. The normalized spacial score (nSPS) is 13.0. The van der Waals surface area contributed by atoms with Gasteiger partial charge >= 0.3 is 17.9 Å². The van der Waals surface area contributed by atoms with Crippen molar-refractivity contribution in [1.82, 2.24) is 0 Å². The van der Waals surface area contributed by atoms with Crippen molar-refractivity contribution in [2.75, 3.05) is 13.2 Å². The molecule has 0 bridgehead atoms. The number of hydrogen-bond acceptors (Lipinski definition) is 6. The molecule has 0 aromatic rings. The lowest BCUT2D eigenvalue weighted by Crippen LogP contribution is -2.30. The van der Waals surface area contributed by atoms with E-state index in [4.69, 9.17) is 14.2 Å². The fraction of sp³-hybridized carbons (Fsp3) is 0.646. The van der Waals surface area contributed by atoms with Gasteiger partial charge in [-0.3, -0.25) is 14.4 Å². The van der Waals surface area contributed by atoms with Crippen molar-refractivity contribution >= 4 is 17.9 Å². The molecule has 0 aliphatic carbocycles. The first-order valence-corrected chi connectivity index (χ1v) is 29.0. The maximum Gasteiger partial charge on any atom is 0.306 e. The Morgan fingerprint density at radius 2 is 0.549 bits per heavy atom. The first kappa shape index (κ1) is 66.8. The number of rotatable bonds is 51. The molecule has 0 N–H and O–H groups in total. The Morgan fingerprint density at radius 3 is 0.859 bits per heavy atom. The van der Waals surface area contributed by atoms with Crippen molar-refractivity contribution < 1.29 is 28.6 Å². The fourth-order valence-electron chi connectivity index (χ4n) is 7.65. The summed E-state index contributed by atoms with van der Waals surface area (Å²) in [6.07, 6.45) is 80.8. The van der Waals surface area contributed by atoms with Gasteiger partial charge < -0.3 is 14.2 Å². The highest BCUT2D eigenvalue weighted by atomic mass is 16.6. The van der Waals surface area contributed by atoms with E-state index in [1.807, 2.05) is 0 Å². The van der Waals surface area contributed by atoms with Gasteiger partial charge in [0.25, 0.3) is 0 Å². The molecule has 0 aliphatic rings. The van der Waals surface area contributed by atoms with Crippen LogP contribution in [0.4, 0.5) is 0 Å². The van der Waals surface area contributed by atoms with E-state index in [1.165, 1.54) is 77.0 Å². The van der Waals surface area contributed by atoms with Crippen LogP contribution in [0.1, 0.15) is 252 Å². The van der Waals surface area contributed by atoms with E-state index >= 15 is 0 Å². The number of ether oxygens (including phenoxy) is 3. The fourth-order valence-corrected chi connectivity index (χ4v) is 7.65. The highest BCUT2D eigenvalue weighted by Crippen LogP contribution is 2.14. The van der Waals surface area contributed by atoms with Crippen LogP contribution in [-0.2, 0) is 28.6 Å².